The summed E-state index contributed by atoms with van der Waals surface area (Å²) in [4.78, 5) is 33.2. The number of nitrogens with one attached hydrogen (secondary N) is 1. The molecule has 0 saturated heterocycles. The van der Waals surface area contributed by atoms with Crippen LogP contribution in [-0.2, 0) is 19.1 Å². The number of hydrogen-bond acceptors (Lipinski definition) is 5. The van der Waals surface area contributed by atoms with E-state index in [0.717, 1.165) is 0 Å². The molecule has 0 rings (SSSR count). The number of carbonyl (C=O) groups excluding carboxylic acids is 2. The summed E-state index contributed by atoms with van der Waals surface area (Å²) in [5.41, 5.74) is 5.49. The highest BCUT2D eigenvalue weighted by Crippen LogP contribution is 2.01. The maximum absolute atomic E-state index is 11.4. The maximum atomic E-state index is 11.4. The summed E-state index contributed by atoms with van der Waals surface area (Å²) in [6.07, 6.45) is 0.599. The predicted molar refractivity (Wildman–Crippen MR) is 63.7 cm³/mol. The molecule has 0 aromatic heterocycles. The van der Waals surface area contributed by atoms with Crippen LogP contribution in [-0.4, -0.2) is 42.1 Å². The third kappa shape index (κ3) is 7.61. The van der Waals surface area contributed by atoms with Gasteiger partial charge in [0.25, 0.3) is 0 Å². The summed E-state index contributed by atoms with van der Waals surface area (Å²) >= 11 is 0. The zero-order valence-corrected chi connectivity index (χ0v) is 10.6. The lowest BCUT2D eigenvalue weighted by Gasteiger charge is -2.14. The number of nitrogens with two attached hydrogens (primary N) is 1. The van der Waals surface area contributed by atoms with Crippen molar-refractivity contribution in [1.82, 2.24) is 5.32 Å². The molecule has 1 unspecified atom stereocenters. The monoisotopic (exact) mass is 260 g/mol. The van der Waals surface area contributed by atoms with Crippen molar-refractivity contribution < 1.29 is 24.2 Å². The minimum absolute atomic E-state index is 0.00588. The van der Waals surface area contributed by atoms with Crippen LogP contribution in [0.15, 0.2) is 0 Å². The Morgan fingerprint density at radius 3 is 2.33 bits per heavy atom. The van der Waals surface area contributed by atoms with Crippen molar-refractivity contribution in [3.05, 3.63) is 0 Å². The van der Waals surface area contributed by atoms with Crippen molar-refractivity contribution in [2.45, 2.75) is 44.7 Å². The number of carboxylic acid groups (broad SMARTS) is 1. The van der Waals surface area contributed by atoms with E-state index in [1.807, 2.05) is 0 Å². The summed E-state index contributed by atoms with van der Waals surface area (Å²) in [6.45, 7) is 1.76. The van der Waals surface area contributed by atoms with Crippen molar-refractivity contribution in [2.75, 3.05) is 7.11 Å². The molecule has 0 aromatic carbocycles. The smallest absolute Gasteiger partial charge is 0.326 e. The van der Waals surface area contributed by atoms with Crippen LogP contribution in [0.1, 0.15) is 32.6 Å². The zero-order chi connectivity index (χ0) is 14.1. The molecule has 0 aliphatic heterocycles. The Labute approximate surface area is 106 Å². The molecule has 0 fully saturated rings. The molecule has 0 aromatic rings. The topological polar surface area (TPSA) is 119 Å². The van der Waals surface area contributed by atoms with Crippen molar-refractivity contribution in [1.29, 1.82) is 0 Å². The van der Waals surface area contributed by atoms with Gasteiger partial charge in [0.2, 0.25) is 5.91 Å². The molecule has 0 saturated carbocycles. The molecule has 18 heavy (non-hydrogen) atoms. The van der Waals surface area contributed by atoms with Crippen LogP contribution in [0.4, 0.5) is 0 Å². The fourth-order valence-electron chi connectivity index (χ4n) is 1.25. The molecule has 104 valence electrons. The third-order valence-electron chi connectivity index (χ3n) is 2.32. The zero-order valence-electron chi connectivity index (χ0n) is 10.6. The van der Waals surface area contributed by atoms with Crippen molar-refractivity contribution in [2.24, 2.45) is 5.73 Å². The number of rotatable bonds is 8. The van der Waals surface area contributed by atoms with Gasteiger partial charge in [-0.25, -0.2) is 4.79 Å². The molecular formula is C11H20N2O5. The van der Waals surface area contributed by atoms with E-state index in [0.29, 0.717) is 6.42 Å². The van der Waals surface area contributed by atoms with Crippen LogP contribution in [0.3, 0.4) is 0 Å². The predicted octanol–water partition coefficient (Wildman–Crippen LogP) is -0.364. The molecule has 0 aliphatic carbocycles. The van der Waals surface area contributed by atoms with Gasteiger partial charge in [0, 0.05) is 18.9 Å². The summed E-state index contributed by atoms with van der Waals surface area (Å²) in [7, 11) is 1.22. The van der Waals surface area contributed by atoms with Crippen LogP contribution in [0.25, 0.3) is 0 Å². The average Bonchev–Trinajstić information content (AvgIpc) is 2.30. The highest BCUT2D eigenvalue weighted by atomic mass is 16.5. The third-order valence-corrected chi connectivity index (χ3v) is 2.32. The normalized spacial score (nSPS) is 13.5. The van der Waals surface area contributed by atoms with Gasteiger partial charge in [-0.05, 0) is 19.8 Å². The van der Waals surface area contributed by atoms with Crippen LogP contribution >= 0.6 is 0 Å². The molecular weight excluding hydrogens is 240 g/mol. The molecule has 0 radical (unpaired) electrons. The number of methoxy groups -OCH3 is 1. The van der Waals surface area contributed by atoms with Crippen LogP contribution < -0.4 is 11.1 Å². The molecule has 1 amide bonds. The Balaban J connectivity index is 4.15. The highest BCUT2D eigenvalue weighted by molar-refractivity contribution is 5.84. The molecule has 0 aliphatic rings. The number of carboxylic acids is 1. The van der Waals surface area contributed by atoms with E-state index in [2.05, 4.69) is 10.1 Å². The first-order valence-corrected chi connectivity index (χ1v) is 5.71. The Morgan fingerprint density at radius 1 is 1.28 bits per heavy atom. The quantitative estimate of drug-likeness (QED) is 0.513. The molecule has 0 heterocycles. The van der Waals surface area contributed by atoms with Crippen molar-refractivity contribution >= 4 is 17.8 Å². The van der Waals surface area contributed by atoms with Gasteiger partial charge in [0.05, 0.1) is 7.11 Å². The molecule has 4 N–H and O–H groups in total. The van der Waals surface area contributed by atoms with E-state index >= 15 is 0 Å². The number of esters is 1. The average molecular weight is 260 g/mol. The molecule has 7 heteroatoms. The second kappa shape index (κ2) is 8.46. The van der Waals surface area contributed by atoms with E-state index in [1.54, 1.807) is 6.92 Å². The molecule has 2 atom stereocenters. The Hall–Kier alpha value is -1.63. The first kappa shape index (κ1) is 16.4. The minimum Gasteiger partial charge on any atom is -0.480 e. The standard InChI is InChI=1S/C11H20N2O5/c1-7(12)3-5-9(14)13-8(11(16)17)4-6-10(15)18-2/h7-8H,3-6,12H2,1-2H3,(H,13,14)(H,16,17)/t7?,8-/m1/s1. The van der Waals surface area contributed by atoms with E-state index in [-0.39, 0.29) is 31.2 Å². The van der Waals surface area contributed by atoms with Crippen LogP contribution in [0, 0.1) is 0 Å². The summed E-state index contributed by atoms with van der Waals surface area (Å²) in [5, 5.41) is 11.2. The Bertz CT molecular complexity index is 304. The van der Waals surface area contributed by atoms with E-state index in [9.17, 15) is 14.4 Å². The number of carbonyl (C=O) groups is 3. The minimum atomic E-state index is -1.17. The molecule has 0 bridgehead atoms. The highest BCUT2D eigenvalue weighted by Gasteiger charge is 2.21. The maximum Gasteiger partial charge on any atom is 0.326 e. The second-order valence-electron chi connectivity index (χ2n) is 4.09. The van der Waals surface area contributed by atoms with Crippen LogP contribution in [0.2, 0.25) is 0 Å². The van der Waals surface area contributed by atoms with E-state index in [1.165, 1.54) is 7.11 Å². The van der Waals surface area contributed by atoms with Crippen LogP contribution in [0.5, 0.6) is 0 Å². The summed E-state index contributed by atoms with van der Waals surface area (Å²) in [5.74, 6) is -2.07. The lowest BCUT2D eigenvalue weighted by atomic mass is 10.1. The van der Waals surface area contributed by atoms with Gasteiger partial charge in [-0.1, -0.05) is 0 Å². The van der Waals surface area contributed by atoms with Gasteiger partial charge in [-0.2, -0.15) is 0 Å². The van der Waals surface area contributed by atoms with Gasteiger partial charge >= 0.3 is 11.9 Å². The van der Waals surface area contributed by atoms with Gasteiger partial charge in [0.15, 0.2) is 0 Å². The SMILES string of the molecule is COC(=O)CC[C@@H](NC(=O)CCC(C)N)C(=O)O. The second-order valence-corrected chi connectivity index (χ2v) is 4.09. The van der Waals surface area contributed by atoms with E-state index < -0.39 is 18.0 Å². The largest absolute Gasteiger partial charge is 0.480 e. The fourth-order valence-corrected chi connectivity index (χ4v) is 1.25. The van der Waals surface area contributed by atoms with Gasteiger partial charge in [0.1, 0.15) is 6.04 Å². The lowest BCUT2D eigenvalue weighted by molar-refractivity contribution is -0.144. The molecule has 7 nitrogen and oxygen atoms in total. The Kier molecular flexibility index (Phi) is 7.69. The summed E-state index contributed by atoms with van der Waals surface area (Å²) in [6, 6.07) is -1.20. The van der Waals surface area contributed by atoms with Gasteiger partial charge in [-0.15, -0.1) is 0 Å². The van der Waals surface area contributed by atoms with Crippen molar-refractivity contribution in [3.8, 4) is 0 Å². The summed E-state index contributed by atoms with van der Waals surface area (Å²) < 4.78 is 4.40. The Morgan fingerprint density at radius 2 is 1.89 bits per heavy atom. The molecule has 0 spiro atoms. The lowest BCUT2D eigenvalue weighted by Crippen LogP contribution is -2.41. The first-order chi connectivity index (χ1) is 8.36. The number of hydrogen-bond donors (Lipinski definition) is 3. The first-order valence-electron chi connectivity index (χ1n) is 5.71. The van der Waals surface area contributed by atoms with Gasteiger partial charge < -0.3 is 20.9 Å². The number of amides is 1. The van der Waals surface area contributed by atoms with Crippen molar-refractivity contribution in [3.63, 3.8) is 0 Å². The number of ether oxygens (including phenoxy) is 1. The van der Waals surface area contributed by atoms with Gasteiger partial charge in [-0.3, -0.25) is 9.59 Å². The van der Waals surface area contributed by atoms with E-state index in [4.69, 9.17) is 10.8 Å². The fraction of sp³-hybridized carbons (Fsp3) is 0.727. The number of aliphatic carboxylic acids is 1.